The predicted octanol–water partition coefficient (Wildman–Crippen LogP) is 0.710. The van der Waals surface area contributed by atoms with Gasteiger partial charge in [0.25, 0.3) is 0 Å². The number of carbonyl (C=O) groups excluding carboxylic acids is 1. The van der Waals surface area contributed by atoms with E-state index >= 15 is 0 Å². The summed E-state index contributed by atoms with van der Waals surface area (Å²) in [7, 11) is 0. The van der Waals surface area contributed by atoms with E-state index in [4.69, 9.17) is 0 Å². The zero-order valence-corrected chi connectivity index (χ0v) is 13.7. The van der Waals surface area contributed by atoms with Crippen molar-refractivity contribution in [1.29, 1.82) is 0 Å². The van der Waals surface area contributed by atoms with Crippen molar-refractivity contribution in [3.8, 4) is 0 Å². The summed E-state index contributed by atoms with van der Waals surface area (Å²) in [5.41, 5.74) is 0.837. The highest BCUT2D eigenvalue weighted by atomic mass is 16.6. The van der Waals surface area contributed by atoms with Gasteiger partial charge < -0.3 is 19.9 Å². The maximum Gasteiger partial charge on any atom is 0.363 e. The zero-order chi connectivity index (χ0) is 17.6. The molecule has 0 unspecified atom stereocenters. The van der Waals surface area contributed by atoms with Crippen molar-refractivity contribution >= 4 is 17.4 Å². The van der Waals surface area contributed by atoms with Crippen molar-refractivity contribution in [1.82, 2.24) is 24.6 Å². The molecule has 2 aromatic heterocycles. The van der Waals surface area contributed by atoms with Crippen molar-refractivity contribution in [3.63, 3.8) is 0 Å². The van der Waals surface area contributed by atoms with E-state index in [1.807, 2.05) is 4.90 Å². The molecular formula is C15H19N7O3. The van der Waals surface area contributed by atoms with Gasteiger partial charge in [-0.15, -0.1) is 0 Å². The lowest BCUT2D eigenvalue weighted by Gasteiger charge is -2.35. The zero-order valence-electron chi connectivity index (χ0n) is 13.7. The van der Waals surface area contributed by atoms with Gasteiger partial charge in [0, 0.05) is 45.2 Å². The lowest BCUT2D eigenvalue weighted by atomic mass is 10.2. The third kappa shape index (κ3) is 4.28. The van der Waals surface area contributed by atoms with Crippen molar-refractivity contribution in [2.75, 3.05) is 31.1 Å². The van der Waals surface area contributed by atoms with Crippen LogP contribution in [0.3, 0.4) is 0 Å². The Morgan fingerprint density at radius 3 is 2.64 bits per heavy atom. The molecule has 0 N–H and O–H groups in total. The van der Waals surface area contributed by atoms with Gasteiger partial charge in [-0.05, 0) is 22.4 Å². The van der Waals surface area contributed by atoms with E-state index < -0.39 is 4.92 Å². The van der Waals surface area contributed by atoms with Crippen LogP contribution in [-0.2, 0) is 11.3 Å². The van der Waals surface area contributed by atoms with E-state index in [9.17, 15) is 14.9 Å². The topological polar surface area (TPSA) is 110 Å². The molecule has 1 aliphatic heterocycles. The second-order valence-corrected chi connectivity index (χ2v) is 5.76. The molecule has 0 radical (unpaired) electrons. The number of nitrogens with zero attached hydrogens (tertiary/aromatic N) is 7. The smallest absolute Gasteiger partial charge is 0.363 e. The largest absolute Gasteiger partial charge is 0.365 e. The first-order chi connectivity index (χ1) is 12.1. The van der Waals surface area contributed by atoms with Crippen molar-refractivity contribution in [3.05, 3.63) is 41.1 Å². The van der Waals surface area contributed by atoms with Gasteiger partial charge in [-0.2, -0.15) is 5.10 Å². The summed E-state index contributed by atoms with van der Waals surface area (Å²) in [5, 5.41) is 14.7. The number of anilines is 1. The second kappa shape index (κ2) is 7.69. The molecule has 3 rings (SSSR count). The van der Waals surface area contributed by atoms with E-state index in [1.165, 1.54) is 18.6 Å². The number of piperazine rings is 1. The SMILES string of the molecule is O=C(CCCn1cncn1)N1CCN(c2ccc([N+](=O)[O-])nc2)CC1. The summed E-state index contributed by atoms with van der Waals surface area (Å²) in [6.45, 7) is 3.33. The van der Waals surface area contributed by atoms with Gasteiger partial charge in [0.05, 0.1) is 5.69 Å². The molecule has 0 bridgehead atoms. The molecule has 0 aliphatic carbocycles. The number of aryl methyl sites for hydroxylation is 1. The first kappa shape index (κ1) is 16.8. The molecule has 0 saturated carbocycles. The second-order valence-electron chi connectivity index (χ2n) is 5.76. The minimum Gasteiger partial charge on any atom is -0.365 e. The average molecular weight is 345 g/mol. The van der Waals surface area contributed by atoms with Crippen LogP contribution in [0, 0.1) is 10.1 Å². The summed E-state index contributed by atoms with van der Waals surface area (Å²) < 4.78 is 1.72. The molecule has 10 nitrogen and oxygen atoms in total. The molecule has 1 amide bonds. The lowest BCUT2D eigenvalue weighted by Crippen LogP contribution is -2.48. The van der Waals surface area contributed by atoms with E-state index in [0.717, 1.165) is 12.1 Å². The number of nitro groups is 1. The summed E-state index contributed by atoms with van der Waals surface area (Å²) in [6, 6.07) is 3.09. The Bertz CT molecular complexity index is 709. The Hall–Kier alpha value is -3.04. The molecular weight excluding hydrogens is 326 g/mol. The minimum atomic E-state index is -0.514. The van der Waals surface area contributed by atoms with Gasteiger partial charge >= 0.3 is 5.82 Å². The van der Waals surface area contributed by atoms with Crippen LogP contribution in [-0.4, -0.2) is 61.7 Å². The van der Waals surface area contributed by atoms with Crippen LogP contribution in [0.2, 0.25) is 0 Å². The molecule has 0 spiro atoms. The fraction of sp³-hybridized carbons (Fsp3) is 0.467. The van der Waals surface area contributed by atoms with Crippen LogP contribution < -0.4 is 4.90 Å². The van der Waals surface area contributed by atoms with Gasteiger partial charge in [-0.1, -0.05) is 0 Å². The van der Waals surface area contributed by atoms with Crippen LogP contribution in [0.15, 0.2) is 31.0 Å². The quantitative estimate of drug-likeness (QED) is 0.560. The number of hydrogen-bond acceptors (Lipinski definition) is 7. The molecule has 1 aliphatic rings. The maximum atomic E-state index is 12.3. The van der Waals surface area contributed by atoms with E-state index in [0.29, 0.717) is 39.1 Å². The Balaban J connectivity index is 1.44. The third-order valence-electron chi connectivity index (χ3n) is 4.16. The molecule has 1 fully saturated rings. The normalized spacial score (nSPS) is 14.6. The summed E-state index contributed by atoms with van der Waals surface area (Å²) in [5.74, 6) is -0.0217. The van der Waals surface area contributed by atoms with E-state index in [-0.39, 0.29) is 11.7 Å². The number of rotatable bonds is 6. The average Bonchev–Trinajstić information content (AvgIpc) is 3.15. The Morgan fingerprint density at radius 2 is 2.04 bits per heavy atom. The number of hydrogen-bond donors (Lipinski definition) is 0. The van der Waals surface area contributed by atoms with E-state index in [2.05, 4.69) is 20.0 Å². The Kier molecular flexibility index (Phi) is 5.17. The molecule has 25 heavy (non-hydrogen) atoms. The number of carbonyl (C=O) groups is 1. The molecule has 3 heterocycles. The highest BCUT2D eigenvalue weighted by molar-refractivity contribution is 5.76. The summed E-state index contributed by atoms with van der Waals surface area (Å²) >= 11 is 0. The van der Waals surface area contributed by atoms with Crippen LogP contribution in [0.4, 0.5) is 11.5 Å². The van der Waals surface area contributed by atoms with Gasteiger partial charge in [-0.25, -0.2) is 4.98 Å². The van der Waals surface area contributed by atoms with Gasteiger partial charge in [0.2, 0.25) is 5.91 Å². The van der Waals surface area contributed by atoms with Crippen LogP contribution >= 0.6 is 0 Å². The van der Waals surface area contributed by atoms with Crippen molar-refractivity contribution < 1.29 is 9.72 Å². The van der Waals surface area contributed by atoms with Gasteiger partial charge in [0.1, 0.15) is 12.7 Å². The number of pyridine rings is 1. The first-order valence-corrected chi connectivity index (χ1v) is 8.09. The predicted molar refractivity (Wildman–Crippen MR) is 88.9 cm³/mol. The Morgan fingerprint density at radius 1 is 1.24 bits per heavy atom. The Labute approximate surface area is 144 Å². The van der Waals surface area contributed by atoms with Crippen LogP contribution in [0.25, 0.3) is 0 Å². The summed E-state index contributed by atoms with van der Waals surface area (Å²) in [4.78, 5) is 34.0. The van der Waals surface area contributed by atoms with Crippen molar-refractivity contribution in [2.24, 2.45) is 0 Å². The maximum absolute atomic E-state index is 12.3. The number of amides is 1. The molecule has 1 saturated heterocycles. The molecule has 132 valence electrons. The molecule has 10 heteroatoms. The number of aromatic nitrogens is 4. The standard InChI is InChI=1S/C15H19N7O3/c23-15(2-1-5-21-12-16-11-18-21)20-8-6-19(7-9-20)13-3-4-14(17-10-13)22(24)25/h3-4,10-12H,1-2,5-9H2. The van der Waals surface area contributed by atoms with E-state index in [1.54, 1.807) is 17.1 Å². The van der Waals surface area contributed by atoms with Crippen molar-refractivity contribution in [2.45, 2.75) is 19.4 Å². The molecule has 2 aromatic rings. The fourth-order valence-corrected chi connectivity index (χ4v) is 2.79. The first-order valence-electron chi connectivity index (χ1n) is 8.09. The third-order valence-corrected chi connectivity index (χ3v) is 4.16. The van der Waals surface area contributed by atoms with Gasteiger partial charge in [-0.3, -0.25) is 9.48 Å². The van der Waals surface area contributed by atoms with Crippen LogP contribution in [0.1, 0.15) is 12.8 Å². The summed E-state index contributed by atoms with van der Waals surface area (Å²) in [6.07, 6.45) is 5.84. The van der Waals surface area contributed by atoms with Crippen LogP contribution in [0.5, 0.6) is 0 Å². The molecule has 0 aromatic carbocycles. The highest BCUT2D eigenvalue weighted by Crippen LogP contribution is 2.18. The molecule has 0 atom stereocenters. The lowest BCUT2D eigenvalue weighted by molar-refractivity contribution is -0.389. The van der Waals surface area contributed by atoms with Gasteiger partial charge in [0.15, 0.2) is 6.20 Å². The fourth-order valence-electron chi connectivity index (χ4n) is 2.79. The minimum absolute atomic E-state index is 0.140. The monoisotopic (exact) mass is 345 g/mol. The highest BCUT2D eigenvalue weighted by Gasteiger charge is 2.22.